The highest BCUT2D eigenvalue weighted by molar-refractivity contribution is 5.76. The third-order valence-corrected chi connectivity index (χ3v) is 4.48. The summed E-state index contributed by atoms with van der Waals surface area (Å²) in [5, 5.41) is 7.06. The second-order valence-corrected chi connectivity index (χ2v) is 5.89. The summed E-state index contributed by atoms with van der Waals surface area (Å²) < 4.78 is 5.33. The van der Waals surface area contributed by atoms with E-state index in [2.05, 4.69) is 15.1 Å². The second-order valence-electron chi connectivity index (χ2n) is 5.89. The molecule has 0 aromatic carbocycles. The lowest BCUT2D eigenvalue weighted by Crippen LogP contribution is -2.42. The maximum Gasteiger partial charge on any atom is 0.223 e. The molecule has 6 nitrogen and oxygen atoms in total. The standard InChI is InChI=1S/C15H24N4O2/c20-15(4-7-18-8-10-21-11-9-18)19-6-1-2-13(12-19)14-3-5-16-17-14/h3,5,13H,1-2,4,6-12H2,(H,16,17)/t13-/m0/s1. The third-order valence-electron chi connectivity index (χ3n) is 4.48. The summed E-state index contributed by atoms with van der Waals surface area (Å²) in [5.41, 5.74) is 1.15. The Kier molecular flexibility index (Phi) is 4.87. The smallest absolute Gasteiger partial charge is 0.223 e. The first-order valence-electron chi connectivity index (χ1n) is 7.90. The van der Waals surface area contributed by atoms with Crippen molar-refractivity contribution < 1.29 is 9.53 Å². The van der Waals surface area contributed by atoms with E-state index in [9.17, 15) is 4.79 Å². The third kappa shape index (κ3) is 3.83. The number of ether oxygens (including phenoxy) is 1. The molecule has 0 spiro atoms. The quantitative estimate of drug-likeness (QED) is 0.893. The van der Waals surface area contributed by atoms with E-state index in [1.165, 1.54) is 0 Å². The molecule has 3 heterocycles. The second kappa shape index (κ2) is 7.04. The van der Waals surface area contributed by atoms with Crippen molar-refractivity contribution in [3.63, 3.8) is 0 Å². The number of nitrogens with one attached hydrogen (secondary N) is 1. The highest BCUT2D eigenvalue weighted by Crippen LogP contribution is 2.25. The van der Waals surface area contributed by atoms with Crippen LogP contribution in [-0.2, 0) is 9.53 Å². The van der Waals surface area contributed by atoms with E-state index in [1.807, 2.05) is 11.0 Å². The average Bonchev–Trinajstić information content (AvgIpc) is 3.08. The minimum atomic E-state index is 0.283. The molecule has 0 unspecified atom stereocenters. The number of piperidine rings is 1. The number of aromatic amines is 1. The summed E-state index contributed by atoms with van der Waals surface area (Å²) in [4.78, 5) is 16.7. The van der Waals surface area contributed by atoms with Gasteiger partial charge in [-0.15, -0.1) is 0 Å². The molecule has 0 saturated carbocycles. The van der Waals surface area contributed by atoms with Crippen molar-refractivity contribution in [3.05, 3.63) is 18.0 Å². The van der Waals surface area contributed by atoms with Gasteiger partial charge in [-0.2, -0.15) is 5.10 Å². The van der Waals surface area contributed by atoms with Crippen LogP contribution in [0.1, 0.15) is 30.9 Å². The van der Waals surface area contributed by atoms with Crippen molar-refractivity contribution in [2.45, 2.75) is 25.2 Å². The molecule has 2 aliphatic heterocycles. The lowest BCUT2D eigenvalue weighted by atomic mass is 9.95. The zero-order chi connectivity index (χ0) is 14.5. The molecule has 1 N–H and O–H groups in total. The molecule has 0 bridgehead atoms. The van der Waals surface area contributed by atoms with Gasteiger partial charge in [0, 0.05) is 57.0 Å². The van der Waals surface area contributed by atoms with E-state index in [4.69, 9.17) is 4.74 Å². The normalized spacial score (nSPS) is 24.2. The Bertz CT molecular complexity index is 443. The molecule has 3 rings (SSSR count). The molecule has 1 aromatic heterocycles. The van der Waals surface area contributed by atoms with Gasteiger partial charge in [0.15, 0.2) is 0 Å². The molecule has 2 aliphatic rings. The predicted molar refractivity (Wildman–Crippen MR) is 79.0 cm³/mol. The number of carbonyl (C=O) groups excluding carboxylic acids is 1. The summed E-state index contributed by atoms with van der Waals surface area (Å²) >= 11 is 0. The van der Waals surface area contributed by atoms with E-state index >= 15 is 0 Å². The number of carbonyl (C=O) groups is 1. The number of hydrogen-bond acceptors (Lipinski definition) is 4. The van der Waals surface area contributed by atoms with Gasteiger partial charge in [0.25, 0.3) is 0 Å². The molecule has 21 heavy (non-hydrogen) atoms. The molecule has 0 radical (unpaired) electrons. The van der Waals surface area contributed by atoms with Crippen molar-refractivity contribution >= 4 is 5.91 Å². The number of nitrogens with zero attached hydrogens (tertiary/aromatic N) is 3. The number of amides is 1. The highest BCUT2D eigenvalue weighted by Gasteiger charge is 2.25. The van der Waals surface area contributed by atoms with Gasteiger partial charge in [-0.3, -0.25) is 14.8 Å². The molecular weight excluding hydrogens is 268 g/mol. The van der Waals surface area contributed by atoms with Crippen molar-refractivity contribution in [2.24, 2.45) is 0 Å². The monoisotopic (exact) mass is 292 g/mol. The fraction of sp³-hybridized carbons (Fsp3) is 0.733. The number of H-pyrrole nitrogens is 1. The minimum absolute atomic E-state index is 0.283. The van der Waals surface area contributed by atoms with Gasteiger partial charge in [0.1, 0.15) is 0 Å². The summed E-state index contributed by atoms with van der Waals surface area (Å²) in [6, 6.07) is 2.02. The Morgan fingerprint density at radius 2 is 2.24 bits per heavy atom. The van der Waals surface area contributed by atoms with E-state index in [-0.39, 0.29) is 5.91 Å². The van der Waals surface area contributed by atoms with Crippen LogP contribution in [0, 0.1) is 0 Å². The minimum Gasteiger partial charge on any atom is -0.379 e. The van der Waals surface area contributed by atoms with Gasteiger partial charge >= 0.3 is 0 Å². The largest absolute Gasteiger partial charge is 0.379 e. The molecule has 116 valence electrons. The van der Waals surface area contributed by atoms with Crippen LogP contribution < -0.4 is 0 Å². The Morgan fingerprint density at radius 1 is 1.38 bits per heavy atom. The molecular formula is C15H24N4O2. The molecule has 1 amide bonds. The van der Waals surface area contributed by atoms with Gasteiger partial charge < -0.3 is 9.64 Å². The van der Waals surface area contributed by atoms with Crippen LogP contribution >= 0.6 is 0 Å². The van der Waals surface area contributed by atoms with Crippen LogP contribution in [-0.4, -0.2) is 71.8 Å². The zero-order valence-corrected chi connectivity index (χ0v) is 12.5. The fourth-order valence-corrected chi connectivity index (χ4v) is 3.19. The van der Waals surface area contributed by atoms with Crippen molar-refractivity contribution in [2.75, 3.05) is 45.9 Å². The molecule has 1 atom stereocenters. The Morgan fingerprint density at radius 3 is 3.00 bits per heavy atom. The lowest BCUT2D eigenvalue weighted by Gasteiger charge is -2.33. The average molecular weight is 292 g/mol. The number of morpholine rings is 1. The SMILES string of the molecule is O=C(CCN1CCOCC1)N1CCC[C@H](c2ccn[nH]2)C1. The van der Waals surface area contributed by atoms with Crippen molar-refractivity contribution in [1.29, 1.82) is 0 Å². The number of rotatable bonds is 4. The van der Waals surface area contributed by atoms with Gasteiger partial charge in [-0.05, 0) is 18.9 Å². The molecule has 6 heteroatoms. The van der Waals surface area contributed by atoms with E-state index in [0.717, 1.165) is 64.5 Å². The summed E-state index contributed by atoms with van der Waals surface area (Å²) in [6.45, 7) is 6.05. The topological polar surface area (TPSA) is 61.5 Å². The summed E-state index contributed by atoms with van der Waals surface area (Å²) in [5.74, 6) is 0.694. The predicted octanol–water partition coefficient (Wildman–Crippen LogP) is 0.838. The number of likely N-dealkylation sites (tertiary alicyclic amines) is 1. The first-order chi connectivity index (χ1) is 10.3. The summed E-state index contributed by atoms with van der Waals surface area (Å²) in [6.07, 6.45) is 4.62. The van der Waals surface area contributed by atoms with E-state index in [1.54, 1.807) is 6.20 Å². The van der Waals surface area contributed by atoms with Crippen LogP contribution in [0.25, 0.3) is 0 Å². The first kappa shape index (κ1) is 14.5. The van der Waals surface area contributed by atoms with Crippen LogP contribution in [0.5, 0.6) is 0 Å². The Hall–Kier alpha value is -1.40. The zero-order valence-electron chi connectivity index (χ0n) is 12.5. The Balaban J connectivity index is 1.47. The molecule has 1 aromatic rings. The van der Waals surface area contributed by atoms with Crippen LogP contribution in [0.3, 0.4) is 0 Å². The van der Waals surface area contributed by atoms with Gasteiger partial charge in [0.05, 0.1) is 13.2 Å². The maximum atomic E-state index is 12.4. The van der Waals surface area contributed by atoms with E-state index in [0.29, 0.717) is 12.3 Å². The highest BCUT2D eigenvalue weighted by atomic mass is 16.5. The van der Waals surface area contributed by atoms with Crippen LogP contribution in [0.2, 0.25) is 0 Å². The number of hydrogen-bond donors (Lipinski definition) is 1. The van der Waals surface area contributed by atoms with Gasteiger partial charge in [-0.25, -0.2) is 0 Å². The van der Waals surface area contributed by atoms with Crippen molar-refractivity contribution in [3.8, 4) is 0 Å². The van der Waals surface area contributed by atoms with Gasteiger partial charge in [0.2, 0.25) is 5.91 Å². The molecule has 2 saturated heterocycles. The molecule has 0 aliphatic carbocycles. The lowest BCUT2D eigenvalue weighted by molar-refractivity contribution is -0.133. The molecule has 2 fully saturated rings. The van der Waals surface area contributed by atoms with Crippen LogP contribution in [0.15, 0.2) is 12.3 Å². The Labute approximate surface area is 125 Å². The van der Waals surface area contributed by atoms with Gasteiger partial charge in [-0.1, -0.05) is 0 Å². The van der Waals surface area contributed by atoms with E-state index < -0.39 is 0 Å². The number of aromatic nitrogens is 2. The van der Waals surface area contributed by atoms with Crippen molar-refractivity contribution in [1.82, 2.24) is 20.0 Å². The fourth-order valence-electron chi connectivity index (χ4n) is 3.19. The summed E-state index contributed by atoms with van der Waals surface area (Å²) in [7, 11) is 0. The first-order valence-corrected chi connectivity index (χ1v) is 7.90. The maximum absolute atomic E-state index is 12.4. The van der Waals surface area contributed by atoms with Crippen LogP contribution in [0.4, 0.5) is 0 Å².